The predicted octanol–water partition coefficient (Wildman–Crippen LogP) is 3.02. The number of nitrogens with one attached hydrogen (secondary N) is 2. The molecule has 0 saturated heterocycles. The van der Waals surface area contributed by atoms with Crippen LogP contribution in [0.2, 0.25) is 0 Å². The Labute approximate surface area is 151 Å². The molecule has 1 unspecified atom stereocenters. The normalized spacial score (nSPS) is 14.0. The summed E-state index contributed by atoms with van der Waals surface area (Å²) in [6.07, 6.45) is 0. The standard InChI is InChI=1S/C19H22FN3O3/c1-23(2)16(13-5-3-6-14(20)11-13)12-21-19(24)22-15-7-4-8-17-18(15)26-10-9-25-17/h3-8,11,16H,9-10,12H2,1-2H3,(H2,21,22,24). The summed E-state index contributed by atoms with van der Waals surface area (Å²) in [6.45, 7) is 1.26. The number of fused-ring (bicyclic) bond motifs is 1. The van der Waals surface area contributed by atoms with Crippen LogP contribution in [0.4, 0.5) is 14.9 Å². The van der Waals surface area contributed by atoms with Gasteiger partial charge < -0.3 is 25.0 Å². The van der Waals surface area contributed by atoms with Gasteiger partial charge in [-0.25, -0.2) is 9.18 Å². The highest BCUT2D eigenvalue weighted by Gasteiger charge is 2.19. The van der Waals surface area contributed by atoms with Gasteiger partial charge in [-0.15, -0.1) is 0 Å². The molecule has 0 fully saturated rings. The lowest BCUT2D eigenvalue weighted by Gasteiger charge is -2.25. The molecule has 0 spiro atoms. The number of amides is 2. The molecule has 6 nitrogen and oxygen atoms in total. The number of nitrogens with zero attached hydrogens (tertiary/aromatic N) is 1. The Balaban J connectivity index is 1.64. The average molecular weight is 359 g/mol. The first-order valence-corrected chi connectivity index (χ1v) is 8.40. The molecule has 0 aromatic heterocycles. The molecule has 2 aromatic carbocycles. The van der Waals surface area contributed by atoms with Gasteiger partial charge in [0.2, 0.25) is 0 Å². The van der Waals surface area contributed by atoms with E-state index in [0.29, 0.717) is 36.9 Å². The van der Waals surface area contributed by atoms with Crippen molar-refractivity contribution in [1.29, 1.82) is 0 Å². The third-order valence-electron chi connectivity index (χ3n) is 4.13. The van der Waals surface area contributed by atoms with Crippen LogP contribution in [-0.2, 0) is 0 Å². The van der Waals surface area contributed by atoms with Crippen molar-refractivity contribution in [2.24, 2.45) is 0 Å². The second kappa shape index (κ2) is 8.05. The number of benzene rings is 2. The highest BCUT2D eigenvalue weighted by molar-refractivity contribution is 5.91. The molecule has 0 aliphatic carbocycles. The van der Waals surface area contributed by atoms with Gasteiger partial charge in [-0.3, -0.25) is 0 Å². The largest absolute Gasteiger partial charge is 0.486 e. The van der Waals surface area contributed by atoms with Gasteiger partial charge in [0.25, 0.3) is 0 Å². The number of hydrogen-bond donors (Lipinski definition) is 2. The van der Waals surface area contributed by atoms with E-state index in [1.54, 1.807) is 24.3 Å². The molecule has 0 radical (unpaired) electrons. The molecule has 0 saturated carbocycles. The molecule has 26 heavy (non-hydrogen) atoms. The fourth-order valence-electron chi connectivity index (χ4n) is 2.84. The molecule has 2 aromatic rings. The summed E-state index contributed by atoms with van der Waals surface area (Å²) >= 11 is 0. The van der Waals surface area contributed by atoms with Gasteiger partial charge in [0.1, 0.15) is 19.0 Å². The maximum atomic E-state index is 13.5. The van der Waals surface area contributed by atoms with E-state index in [0.717, 1.165) is 5.56 Å². The molecule has 1 aliphatic rings. The molecule has 1 aliphatic heterocycles. The molecule has 0 bridgehead atoms. The van der Waals surface area contributed by atoms with Gasteiger partial charge in [-0.1, -0.05) is 18.2 Å². The Hall–Kier alpha value is -2.80. The van der Waals surface area contributed by atoms with E-state index in [1.807, 2.05) is 25.1 Å². The van der Waals surface area contributed by atoms with Crippen LogP contribution >= 0.6 is 0 Å². The summed E-state index contributed by atoms with van der Waals surface area (Å²) in [4.78, 5) is 14.2. The van der Waals surface area contributed by atoms with Crippen LogP contribution < -0.4 is 20.1 Å². The highest BCUT2D eigenvalue weighted by Crippen LogP contribution is 2.37. The van der Waals surface area contributed by atoms with E-state index < -0.39 is 0 Å². The van der Waals surface area contributed by atoms with Crippen molar-refractivity contribution in [3.05, 3.63) is 53.8 Å². The van der Waals surface area contributed by atoms with Crippen molar-refractivity contribution in [3.8, 4) is 11.5 Å². The van der Waals surface area contributed by atoms with Crippen LogP contribution in [0.1, 0.15) is 11.6 Å². The van der Waals surface area contributed by atoms with E-state index >= 15 is 0 Å². The van der Waals surface area contributed by atoms with Crippen molar-refractivity contribution in [3.63, 3.8) is 0 Å². The third-order valence-corrected chi connectivity index (χ3v) is 4.13. The summed E-state index contributed by atoms with van der Waals surface area (Å²) in [5.41, 5.74) is 1.34. The number of para-hydroxylation sites is 1. The van der Waals surface area contributed by atoms with Crippen LogP contribution in [0, 0.1) is 5.82 Å². The summed E-state index contributed by atoms with van der Waals surface area (Å²) in [5, 5.41) is 5.61. The van der Waals surface area contributed by atoms with E-state index in [-0.39, 0.29) is 17.9 Å². The average Bonchev–Trinajstić information content (AvgIpc) is 2.62. The van der Waals surface area contributed by atoms with Crippen molar-refractivity contribution >= 4 is 11.7 Å². The lowest BCUT2D eigenvalue weighted by molar-refractivity contribution is 0.172. The van der Waals surface area contributed by atoms with E-state index in [2.05, 4.69) is 10.6 Å². The molecular weight excluding hydrogens is 337 g/mol. The lowest BCUT2D eigenvalue weighted by atomic mass is 10.1. The number of rotatable bonds is 5. The van der Waals surface area contributed by atoms with E-state index in [4.69, 9.17) is 9.47 Å². The van der Waals surface area contributed by atoms with Crippen LogP contribution in [0.5, 0.6) is 11.5 Å². The second-order valence-electron chi connectivity index (χ2n) is 6.20. The predicted molar refractivity (Wildman–Crippen MR) is 97.3 cm³/mol. The number of ether oxygens (including phenoxy) is 2. The summed E-state index contributed by atoms with van der Waals surface area (Å²) in [7, 11) is 3.77. The van der Waals surface area contributed by atoms with Gasteiger partial charge in [0.15, 0.2) is 11.5 Å². The molecule has 1 heterocycles. The van der Waals surface area contributed by atoms with Gasteiger partial charge in [0, 0.05) is 6.54 Å². The zero-order valence-electron chi connectivity index (χ0n) is 14.8. The maximum Gasteiger partial charge on any atom is 0.319 e. The number of hydrogen-bond acceptors (Lipinski definition) is 4. The number of urea groups is 1. The minimum absolute atomic E-state index is 0.152. The third kappa shape index (κ3) is 4.23. The quantitative estimate of drug-likeness (QED) is 0.861. The van der Waals surface area contributed by atoms with Gasteiger partial charge in [-0.05, 0) is 43.9 Å². The van der Waals surface area contributed by atoms with Crippen molar-refractivity contribution in [2.75, 3.05) is 39.2 Å². The number of anilines is 1. The van der Waals surface area contributed by atoms with Crippen LogP contribution in [0.25, 0.3) is 0 Å². The molecule has 2 amide bonds. The molecular formula is C19H22FN3O3. The fraction of sp³-hybridized carbons (Fsp3) is 0.316. The van der Waals surface area contributed by atoms with Crippen molar-refractivity contribution < 1.29 is 18.7 Å². The maximum absolute atomic E-state index is 13.5. The molecule has 138 valence electrons. The molecule has 2 N–H and O–H groups in total. The summed E-state index contributed by atoms with van der Waals surface area (Å²) < 4.78 is 24.6. The minimum Gasteiger partial charge on any atom is -0.486 e. The van der Waals surface area contributed by atoms with Gasteiger partial charge in [0.05, 0.1) is 11.7 Å². The minimum atomic E-state index is -0.365. The Bertz CT molecular complexity index is 782. The van der Waals surface area contributed by atoms with Gasteiger partial charge in [-0.2, -0.15) is 0 Å². The van der Waals surface area contributed by atoms with Crippen LogP contribution in [0.3, 0.4) is 0 Å². The van der Waals surface area contributed by atoms with E-state index in [9.17, 15) is 9.18 Å². The SMILES string of the molecule is CN(C)C(CNC(=O)Nc1cccc2c1OCCO2)c1cccc(F)c1. The highest BCUT2D eigenvalue weighted by atomic mass is 19.1. The first-order valence-electron chi connectivity index (χ1n) is 8.40. The first-order chi connectivity index (χ1) is 12.5. The number of likely N-dealkylation sites (N-methyl/N-ethyl adjacent to an activating group) is 1. The zero-order chi connectivity index (χ0) is 18.5. The monoisotopic (exact) mass is 359 g/mol. The molecule has 1 atom stereocenters. The fourth-order valence-corrected chi connectivity index (χ4v) is 2.84. The van der Waals surface area contributed by atoms with Gasteiger partial charge >= 0.3 is 6.03 Å². The molecule has 7 heteroatoms. The number of halogens is 1. The number of carbonyl (C=O) groups excluding carboxylic acids is 1. The van der Waals surface area contributed by atoms with Crippen LogP contribution in [0.15, 0.2) is 42.5 Å². The Morgan fingerprint density at radius 3 is 2.73 bits per heavy atom. The van der Waals surface area contributed by atoms with Crippen molar-refractivity contribution in [1.82, 2.24) is 10.2 Å². The zero-order valence-corrected chi connectivity index (χ0v) is 14.8. The Morgan fingerprint density at radius 2 is 1.96 bits per heavy atom. The summed E-state index contributed by atoms with van der Waals surface area (Å²) in [5.74, 6) is 0.843. The Kier molecular flexibility index (Phi) is 5.58. The lowest BCUT2D eigenvalue weighted by Crippen LogP contribution is -2.37. The summed E-state index contributed by atoms with van der Waals surface area (Å²) in [6, 6.07) is 11.2. The topological polar surface area (TPSA) is 62.8 Å². The first kappa shape index (κ1) is 18.0. The Morgan fingerprint density at radius 1 is 1.19 bits per heavy atom. The number of carbonyl (C=O) groups is 1. The molecule has 3 rings (SSSR count). The van der Waals surface area contributed by atoms with E-state index in [1.165, 1.54) is 12.1 Å². The van der Waals surface area contributed by atoms with Crippen molar-refractivity contribution in [2.45, 2.75) is 6.04 Å². The second-order valence-corrected chi connectivity index (χ2v) is 6.20. The smallest absolute Gasteiger partial charge is 0.319 e. The van der Waals surface area contributed by atoms with Crippen LogP contribution in [-0.4, -0.2) is 44.8 Å².